The van der Waals surface area contributed by atoms with E-state index >= 15 is 0 Å². The fourth-order valence-electron chi connectivity index (χ4n) is 2.85. The van der Waals surface area contributed by atoms with Crippen molar-refractivity contribution in [3.05, 3.63) is 84.2 Å². The first-order chi connectivity index (χ1) is 12.9. The van der Waals surface area contributed by atoms with Crippen LogP contribution in [0.15, 0.2) is 84.2 Å². The van der Waals surface area contributed by atoms with Crippen LogP contribution < -0.4 is 0 Å². The molecule has 0 N–H and O–H groups in total. The smallest absolute Gasteiger partial charge is 0.0449 e. The second kappa shape index (κ2) is 6.97. The van der Waals surface area contributed by atoms with Gasteiger partial charge in [-0.2, -0.15) is 0 Å². The van der Waals surface area contributed by atoms with Crippen LogP contribution in [0.25, 0.3) is 39.7 Å². The molecule has 0 bridgehead atoms. The van der Waals surface area contributed by atoms with Crippen LogP contribution in [-0.2, 0) is 0 Å². The molecule has 1 aromatic carbocycles. The normalized spacial score (nSPS) is 11.1. The zero-order valence-electron chi connectivity index (χ0n) is 13.7. The van der Waals surface area contributed by atoms with E-state index in [-0.39, 0.29) is 0 Å². The summed E-state index contributed by atoms with van der Waals surface area (Å²) in [6.07, 6.45) is 0. The molecule has 0 saturated heterocycles. The van der Waals surface area contributed by atoms with Gasteiger partial charge >= 0.3 is 0 Å². The third kappa shape index (κ3) is 3.10. The molecule has 4 aromatic heterocycles. The minimum atomic E-state index is 1.29. The fraction of sp³-hybridized carbons (Fsp3) is 0. The Kier molecular flexibility index (Phi) is 4.35. The molecule has 126 valence electrons. The van der Waals surface area contributed by atoms with Crippen LogP contribution in [0.1, 0.15) is 0 Å². The second-order valence-electron chi connectivity index (χ2n) is 5.84. The van der Waals surface area contributed by atoms with Gasteiger partial charge in [-0.1, -0.05) is 36.4 Å². The van der Waals surface area contributed by atoms with E-state index in [1.165, 1.54) is 39.7 Å². The van der Waals surface area contributed by atoms with Gasteiger partial charge in [-0.05, 0) is 53.4 Å². The van der Waals surface area contributed by atoms with Crippen LogP contribution in [0, 0.1) is 0 Å². The molecule has 0 amide bonds. The maximum Gasteiger partial charge on any atom is 0.0449 e. The van der Waals surface area contributed by atoms with Gasteiger partial charge in [-0.15, -0.1) is 45.3 Å². The van der Waals surface area contributed by atoms with E-state index in [2.05, 4.69) is 84.2 Å². The van der Waals surface area contributed by atoms with E-state index in [0.717, 1.165) is 0 Å². The predicted molar refractivity (Wildman–Crippen MR) is 120 cm³/mol. The van der Waals surface area contributed by atoms with Crippen molar-refractivity contribution in [1.82, 2.24) is 0 Å². The number of benzene rings is 1. The lowest BCUT2D eigenvalue weighted by Crippen LogP contribution is -1.67. The predicted octanol–water partition coefficient (Wildman–Crippen LogP) is 8.60. The Bertz CT molecular complexity index is 1120. The lowest BCUT2D eigenvalue weighted by atomic mass is 10.2. The summed E-state index contributed by atoms with van der Waals surface area (Å²) in [6, 6.07) is 28.4. The van der Waals surface area contributed by atoms with Crippen LogP contribution in [0.3, 0.4) is 0 Å². The monoisotopic (exact) mass is 406 g/mol. The average molecular weight is 407 g/mol. The van der Waals surface area contributed by atoms with E-state index in [4.69, 9.17) is 0 Å². The zero-order chi connectivity index (χ0) is 17.3. The quantitative estimate of drug-likeness (QED) is 0.280. The second-order valence-corrected chi connectivity index (χ2v) is 10.0. The average Bonchev–Trinajstić information content (AvgIpc) is 3.49. The largest absolute Gasteiger partial charge is 0.143 e. The molecule has 0 unspecified atom stereocenters. The van der Waals surface area contributed by atoms with E-state index < -0.39 is 0 Å². The third-order valence-electron chi connectivity index (χ3n) is 4.13. The molecule has 4 heterocycles. The van der Waals surface area contributed by atoms with Crippen LogP contribution in [-0.4, -0.2) is 0 Å². The van der Waals surface area contributed by atoms with Crippen molar-refractivity contribution in [3.63, 3.8) is 0 Å². The Hall–Kier alpha value is -1.98. The minimum Gasteiger partial charge on any atom is -0.143 e. The van der Waals surface area contributed by atoms with Gasteiger partial charge in [0.1, 0.15) is 0 Å². The fourth-order valence-corrected chi connectivity index (χ4v) is 6.89. The summed E-state index contributed by atoms with van der Waals surface area (Å²) >= 11 is 7.43. The Labute approximate surface area is 168 Å². The SMILES string of the molecule is c1ccc(-c2ccc(-c3ccc(-c4ccc(-c5cccs5)s4)s3)s2)cc1. The lowest BCUT2D eigenvalue weighted by molar-refractivity contribution is 1.70. The molecule has 0 fully saturated rings. The van der Waals surface area contributed by atoms with Crippen LogP contribution in [0.2, 0.25) is 0 Å². The number of hydrogen-bond donors (Lipinski definition) is 0. The Morgan fingerprint density at radius 1 is 0.385 bits per heavy atom. The van der Waals surface area contributed by atoms with Gasteiger partial charge in [0, 0.05) is 34.1 Å². The molecular weight excluding hydrogens is 393 g/mol. The van der Waals surface area contributed by atoms with Crippen LogP contribution in [0.5, 0.6) is 0 Å². The molecule has 0 aliphatic carbocycles. The molecule has 4 heteroatoms. The molecule has 0 aliphatic rings. The molecule has 0 spiro atoms. The van der Waals surface area contributed by atoms with Crippen molar-refractivity contribution >= 4 is 45.3 Å². The third-order valence-corrected chi connectivity index (χ3v) is 8.89. The molecule has 0 atom stereocenters. The maximum atomic E-state index is 2.26. The van der Waals surface area contributed by atoms with Gasteiger partial charge in [-0.25, -0.2) is 0 Å². The molecule has 0 saturated carbocycles. The summed E-state index contributed by atoms with van der Waals surface area (Å²) < 4.78 is 0. The van der Waals surface area contributed by atoms with Crippen LogP contribution >= 0.6 is 45.3 Å². The van der Waals surface area contributed by atoms with Crippen molar-refractivity contribution in [2.75, 3.05) is 0 Å². The van der Waals surface area contributed by atoms with Crippen LogP contribution in [0.4, 0.5) is 0 Å². The standard InChI is InChI=1S/C22H14S4/c1-2-5-15(6-3-1)16-8-9-19(24-16)20-12-13-22(26-20)21-11-10-18(25-21)17-7-4-14-23-17/h1-14H. The first kappa shape index (κ1) is 16.2. The molecule has 0 aliphatic heterocycles. The maximum absolute atomic E-state index is 2.26. The van der Waals surface area contributed by atoms with Crippen molar-refractivity contribution < 1.29 is 0 Å². The highest BCUT2D eigenvalue weighted by Gasteiger charge is 2.11. The van der Waals surface area contributed by atoms with Crippen molar-refractivity contribution in [2.24, 2.45) is 0 Å². The van der Waals surface area contributed by atoms with E-state index in [1.807, 2.05) is 34.0 Å². The summed E-state index contributed by atoms with van der Waals surface area (Å²) in [4.78, 5) is 9.42. The zero-order valence-corrected chi connectivity index (χ0v) is 17.0. The van der Waals surface area contributed by atoms with Gasteiger partial charge in [0.05, 0.1) is 0 Å². The molecule has 5 rings (SSSR count). The molecule has 5 aromatic rings. The van der Waals surface area contributed by atoms with E-state index in [0.29, 0.717) is 0 Å². The molecular formula is C22H14S4. The Morgan fingerprint density at radius 3 is 1.42 bits per heavy atom. The van der Waals surface area contributed by atoms with Crippen molar-refractivity contribution in [2.45, 2.75) is 0 Å². The summed E-state index contributed by atoms with van der Waals surface area (Å²) in [5.74, 6) is 0. The summed E-state index contributed by atoms with van der Waals surface area (Å²) in [5.41, 5.74) is 1.29. The van der Waals surface area contributed by atoms with Crippen molar-refractivity contribution in [3.8, 4) is 39.7 Å². The van der Waals surface area contributed by atoms with Gasteiger partial charge in [-0.3, -0.25) is 0 Å². The molecule has 0 nitrogen and oxygen atoms in total. The van der Waals surface area contributed by atoms with Gasteiger partial charge in [0.2, 0.25) is 0 Å². The van der Waals surface area contributed by atoms with E-state index in [1.54, 1.807) is 11.3 Å². The molecule has 0 radical (unpaired) electrons. The van der Waals surface area contributed by atoms with Gasteiger partial charge in [0.25, 0.3) is 0 Å². The van der Waals surface area contributed by atoms with Gasteiger partial charge in [0.15, 0.2) is 0 Å². The number of thiophene rings is 4. The minimum absolute atomic E-state index is 1.29. The summed E-state index contributed by atoms with van der Waals surface area (Å²) in [7, 11) is 0. The highest BCUT2D eigenvalue weighted by Crippen LogP contribution is 2.43. The Balaban J connectivity index is 1.43. The lowest BCUT2D eigenvalue weighted by Gasteiger charge is -1.95. The van der Waals surface area contributed by atoms with Gasteiger partial charge < -0.3 is 0 Å². The molecule has 26 heavy (non-hydrogen) atoms. The number of rotatable bonds is 4. The summed E-state index contributed by atoms with van der Waals surface area (Å²) in [5, 5.41) is 2.14. The first-order valence-electron chi connectivity index (χ1n) is 8.26. The number of hydrogen-bond acceptors (Lipinski definition) is 4. The Morgan fingerprint density at radius 2 is 0.885 bits per heavy atom. The van der Waals surface area contributed by atoms with Crippen molar-refractivity contribution in [1.29, 1.82) is 0 Å². The highest BCUT2D eigenvalue weighted by atomic mass is 32.1. The highest BCUT2D eigenvalue weighted by molar-refractivity contribution is 7.28. The van der Waals surface area contributed by atoms with E-state index in [9.17, 15) is 0 Å². The summed E-state index contributed by atoms with van der Waals surface area (Å²) in [6.45, 7) is 0. The topological polar surface area (TPSA) is 0 Å². The first-order valence-corrected chi connectivity index (χ1v) is 11.6.